The molecule has 0 saturated carbocycles. The molecule has 1 aromatic heterocycles. The molecule has 0 spiro atoms. The maximum Gasteiger partial charge on any atom is 0.249 e. The third-order valence-electron chi connectivity index (χ3n) is 5.07. The van der Waals surface area contributed by atoms with Crippen LogP contribution in [0.2, 0.25) is 0 Å². The number of aromatic nitrogens is 2. The zero-order valence-corrected chi connectivity index (χ0v) is 17.1. The number of rotatable bonds is 9. The topological polar surface area (TPSA) is 77.2 Å². The van der Waals surface area contributed by atoms with E-state index in [-0.39, 0.29) is 17.9 Å². The highest BCUT2D eigenvalue weighted by Gasteiger charge is 2.26. The molecule has 29 heavy (non-hydrogen) atoms. The van der Waals surface area contributed by atoms with Crippen LogP contribution in [0.15, 0.2) is 59.1 Å². The van der Waals surface area contributed by atoms with Crippen LogP contribution in [0, 0.1) is 5.92 Å². The number of methoxy groups -OCH3 is 1. The van der Waals surface area contributed by atoms with Crippen molar-refractivity contribution in [3.05, 3.63) is 66.1 Å². The van der Waals surface area contributed by atoms with Crippen molar-refractivity contribution in [2.75, 3.05) is 7.11 Å². The lowest BCUT2D eigenvalue weighted by molar-refractivity contribution is -0.122. The predicted octanol–water partition coefficient (Wildman–Crippen LogP) is 4.58. The minimum Gasteiger partial charge on any atom is -0.497 e. The van der Waals surface area contributed by atoms with Crippen LogP contribution in [-0.4, -0.2) is 23.2 Å². The summed E-state index contributed by atoms with van der Waals surface area (Å²) < 4.78 is 10.7. The quantitative estimate of drug-likeness (QED) is 0.576. The number of aryl methyl sites for hydroxylation is 1. The molecule has 1 amide bonds. The lowest BCUT2D eigenvalue weighted by Gasteiger charge is -2.20. The average molecular weight is 393 g/mol. The van der Waals surface area contributed by atoms with Crippen molar-refractivity contribution in [1.29, 1.82) is 0 Å². The number of hydrogen-bond donors (Lipinski definition) is 1. The van der Waals surface area contributed by atoms with Gasteiger partial charge in [0.25, 0.3) is 0 Å². The molecule has 2 atom stereocenters. The van der Waals surface area contributed by atoms with Crippen molar-refractivity contribution in [2.45, 2.75) is 39.2 Å². The van der Waals surface area contributed by atoms with Gasteiger partial charge in [0.2, 0.25) is 17.6 Å². The Bertz CT molecular complexity index is 907. The predicted molar refractivity (Wildman–Crippen MR) is 111 cm³/mol. The van der Waals surface area contributed by atoms with Gasteiger partial charge in [0.1, 0.15) is 11.8 Å². The van der Waals surface area contributed by atoms with Gasteiger partial charge in [0, 0.05) is 12.0 Å². The highest BCUT2D eigenvalue weighted by molar-refractivity contribution is 5.76. The first-order chi connectivity index (χ1) is 14.1. The van der Waals surface area contributed by atoms with Crippen molar-refractivity contribution in [3.63, 3.8) is 0 Å². The fraction of sp³-hybridized carbons (Fsp3) is 0.348. The standard InChI is InChI=1S/C23H27N3O3/c1-4-16(2)21(24-20(27)15-10-17-8-6-5-7-9-17)23-25-22(26-29-23)18-11-13-19(28-3)14-12-18/h5-9,11-14,16,21H,4,10,15H2,1-3H3,(H,24,27)/t16-,21-/m0/s1. The van der Waals surface area contributed by atoms with Crippen molar-refractivity contribution in [1.82, 2.24) is 15.5 Å². The SMILES string of the molecule is CC[C@H](C)[C@H](NC(=O)CCc1ccccc1)c1nc(-c2ccc(OC)cc2)no1. The van der Waals surface area contributed by atoms with Crippen LogP contribution in [0.5, 0.6) is 5.75 Å². The summed E-state index contributed by atoms with van der Waals surface area (Å²) in [7, 11) is 1.62. The van der Waals surface area contributed by atoms with Gasteiger partial charge >= 0.3 is 0 Å². The second-order valence-electron chi connectivity index (χ2n) is 7.10. The number of amides is 1. The van der Waals surface area contributed by atoms with Crippen LogP contribution in [0.3, 0.4) is 0 Å². The summed E-state index contributed by atoms with van der Waals surface area (Å²) in [6.45, 7) is 4.15. The number of nitrogens with one attached hydrogen (secondary N) is 1. The summed E-state index contributed by atoms with van der Waals surface area (Å²) in [5, 5.41) is 7.18. The monoisotopic (exact) mass is 393 g/mol. The molecule has 3 rings (SSSR count). The van der Waals surface area contributed by atoms with Crippen molar-refractivity contribution < 1.29 is 14.1 Å². The number of ether oxygens (including phenoxy) is 1. The first-order valence-corrected chi connectivity index (χ1v) is 9.92. The Kier molecular flexibility index (Phi) is 7.00. The lowest BCUT2D eigenvalue weighted by atomic mass is 9.98. The van der Waals surface area contributed by atoms with Crippen LogP contribution in [0.25, 0.3) is 11.4 Å². The summed E-state index contributed by atoms with van der Waals surface area (Å²) in [6.07, 6.45) is 1.99. The molecule has 0 aliphatic carbocycles. The molecule has 1 N–H and O–H groups in total. The molecule has 3 aromatic rings. The molecule has 6 heteroatoms. The van der Waals surface area contributed by atoms with E-state index in [1.54, 1.807) is 7.11 Å². The highest BCUT2D eigenvalue weighted by atomic mass is 16.5. The van der Waals surface area contributed by atoms with E-state index in [2.05, 4.69) is 29.3 Å². The number of benzene rings is 2. The maximum absolute atomic E-state index is 12.6. The molecule has 0 fully saturated rings. The summed E-state index contributed by atoms with van der Waals surface area (Å²) >= 11 is 0. The van der Waals surface area contributed by atoms with E-state index in [1.165, 1.54) is 0 Å². The van der Waals surface area contributed by atoms with E-state index < -0.39 is 0 Å². The van der Waals surface area contributed by atoms with Gasteiger partial charge in [-0.05, 0) is 42.2 Å². The fourth-order valence-corrected chi connectivity index (χ4v) is 3.05. The minimum atomic E-state index is -0.317. The van der Waals surface area contributed by atoms with Crippen LogP contribution < -0.4 is 10.1 Å². The molecule has 0 aliphatic heterocycles. The van der Waals surface area contributed by atoms with E-state index in [1.807, 2.05) is 54.6 Å². The van der Waals surface area contributed by atoms with Gasteiger partial charge in [-0.3, -0.25) is 4.79 Å². The van der Waals surface area contributed by atoms with E-state index in [0.29, 0.717) is 24.6 Å². The molecule has 0 bridgehead atoms. The van der Waals surface area contributed by atoms with Crippen molar-refractivity contribution >= 4 is 5.91 Å². The number of hydrogen-bond acceptors (Lipinski definition) is 5. The van der Waals surface area contributed by atoms with Crippen LogP contribution in [-0.2, 0) is 11.2 Å². The zero-order chi connectivity index (χ0) is 20.6. The second kappa shape index (κ2) is 9.87. The summed E-state index contributed by atoms with van der Waals surface area (Å²) in [6, 6.07) is 17.1. The molecular weight excluding hydrogens is 366 g/mol. The van der Waals surface area contributed by atoms with Crippen LogP contribution >= 0.6 is 0 Å². The normalized spacial score (nSPS) is 12.9. The fourth-order valence-electron chi connectivity index (χ4n) is 3.05. The Morgan fingerprint density at radius 3 is 2.52 bits per heavy atom. The molecule has 0 unspecified atom stereocenters. The molecule has 1 heterocycles. The molecule has 152 valence electrons. The van der Waals surface area contributed by atoms with E-state index >= 15 is 0 Å². The zero-order valence-electron chi connectivity index (χ0n) is 17.1. The Balaban J connectivity index is 1.69. The highest BCUT2D eigenvalue weighted by Crippen LogP contribution is 2.26. The molecule has 6 nitrogen and oxygen atoms in total. The minimum absolute atomic E-state index is 0.0247. The number of nitrogens with zero attached hydrogens (tertiary/aromatic N) is 2. The van der Waals surface area contributed by atoms with Crippen LogP contribution in [0.4, 0.5) is 0 Å². The molecular formula is C23H27N3O3. The third-order valence-corrected chi connectivity index (χ3v) is 5.07. The third kappa shape index (κ3) is 5.44. The molecule has 0 saturated heterocycles. The summed E-state index contributed by atoms with van der Waals surface area (Å²) in [4.78, 5) is 17.1. The molecule has 0 aliphatic rings. The van der Waals surface area contributed by atoms with E-state index in [0.717, 1.165) is 23.3 Å². The van der Waals surface area contributed by atoms with Gasteiger partial charge in [0.15, 0.2) is 0 Å². The number of carbonyl (C=O) groups is 1. The maximum atomic E-state index is 12.6. The van der Waals surface area contributed by atoms with Crippen LogP contribution in [0.1, 0.15) is 44.2 Å². The van der Waals surface area contributed by atoms with Gasteiger partial charge in [-0.1, -0.05) is 55.8 Å². The van der Waals surface area contributed by atoms with E-state index in [4.69, 9.17) is 9.26 Å². The molecule has 0 radical (unpaired) electrons. The average Bonchev–Trinajstić information content (AvgIpc) is 3.26. The van der Waals surface area contributed by atoms with E-state index in [9.17, 15) is 4.79 Å². The largest absolute Gasteiger partial charge is 0.497 e. The van der Waals surface area contributed by atoms with Crippen molar-refractivity contribution in [3.8, 4) is 17.1 Å². The Morgan fingerprint density at radius 2 is 1.86 bits per heavy atom. The second-order valence-corrected chi connectivity index (χ2v) is 7.10. The first kappa shape index (κ1) is 20.6. The Hall–Kier alpha value is -3.15. The van der Waals surface area contributed by atoms with Gasteiger partial charge in [-0.15, -0.1) is 0 Å². The van der Waals surface area contributed by atoms with Gasteiger partial charge < -0.3 is 14.6 Å². The smallest absolute Gasteiger partial charge is 0.249 e. The summed E-state index contributed by atoms with van der Waals surface area (Å²) in [5.41, 5.74) is 1.97. The Morgan fingerprint density at radius 1 is 1.14 bits per heavy atom. The lowest BCUT2D eigenvalue weighted by Crippen LogP contribution is -2.32. The number of carbonyl (C=O) groups excluding carboxylic acids is 1. The van der Waals surface area contributed by atoms with Crippen molar-refractivity contribution in [2.24, 2.45) is 5.92 Å². The van der Waals surface area contributed by atoms with Gasteiger partial charge in [-0.25, -0.2) is 0 Å². The van der Waals surface area contributed by atoms with Gasteiger partial charge in [-0.2, -0.15) is 4.98 Å². The molecule has 2 aromatic carbocycles. The van der Waals surface area contributed by atoms with Gasteiger partial charge in [0.05, 0.1) is 7.11 Å². The summed E-state index contributed by atoms with van der Waals surface area (Å²) in [5.74, 6) is 1.83. The first-order valence-electron chi connectivity index (χ1n) is 9.92. The Labute approximate surface area is 171 Å².